The molecule has 18 heavy (non-hydrogen) atoms. The highest BCUT2D eigenvalue weighted by molar-refractivity contribution is 5.76. The van der Waals surface area contributed by atoms with E-state index in [2.05, 4.69) is 17.6 Å². The van der Waals surface area contributed by atoms with Crippen molar-refractivity contribution in [3.05, 3.63) is 0 Å². The molecule has 2 saturated heterocycles. The maximum Gasteiger partial charge on any atom is 0.221 e. The van der Waals surface area contributed by atoms with Crippen LogP contribution in [0.3, 0.4) is 0 Å². The van der Waals surface area contributed by atoms with Crippen molar-refractivity contribution in [3.8, 4) is 0 Å². The van der Waals surface area contributed by atoms with E-state index in [9.17, 15) is 4.79 Å². The second-order valence-corrected chi connectivity index (χ2v) is 5.66. The maximum absolute atomic E-state index is 12.0. The van der Waals surface area contributed by atoms with Gasteiger partial charge >= 0.3 is 0 Å². The standard InChI is InChI=1S/C14H26N2O2/c1-11(12-5-8-18-9-6-12)16-14(17)10-13-4-2-3-7-15-13/h11-13,15H,2-10H2,1H3,(H,16,17). The SMILES string of the molecule is CC(NC(=O)CC1CCCCN1)C1CCOCC1. The molecule has 2 N–H and O–H groups in total. The minimum absolute atomic E-state index is 0.202. The van der Waals surface area contributed by atoms with E-state index in [1.807, 2.05) is 0 Å². The van der Waals surface area contributed by atoms with Gasteiger partial charge in [0.1, 0.15) is 0 Å². The van der Waals surface area contributed by atoms with Crippen LogP contribution in [0.4, 0.5) is 0 Å². The monoisotopic (exact) mass is 254 g/mol. The van der Waals surface area contributed by atoms with Gasteiger partial charge in [-0.15, -0.1) is 0 Å². The molecule has 0 aliphatic carbocycles. The maximum atomic E-state index is 12.0. The van der Waals surface area contributed by atoms with Crippen LogP contribution in [0.15, 0.2) is 0 Å². The van der Waals surface area contributed by atoms with E-state index >= 15 is 0 Å². The molecule has 2 heterocycles. The summed E-state index contributed by atoms with van der Waals surface area (Å²) in [6, 6.07) is 0.672. The lowest BCUT2D eigenvalue weighted by Gasteiger charge is -2.29. The Bertz CT molecular complexity index is 259. The Morgan fingerprint density at radius 2 is 2.11 bits per heavy atom. The zero-order valence-electron chi connectivity index (χ0n) is 11.4. The van der Waals surface area contributed by atoms with Crippen molar-refractivity contribution in [2.75, 3.05) is 19.8 Å². The summed E-state index contributed by atoms with van der Waals surface area (Å²) in [5.74, 6) is 0.787. The molecule has 4 heteroatoms. The largest absolute Gasteiger partial charge is 0.381 e. The fourth-order valence-corrected chi connectivity index (χ4v) is 2.97. The van der Waals surface area contributed by atoms with Crippen LogP contribution in [0, 0.1) is 5.92 Å². The van der Waals surface area contributed by atoms with Crippen molar-refractivity contribution in [3.63, 3.8) is 0 Å². The molecule has 0 aromatic rings. The lowest BCUT2D eigenvalue weighted by Crippen LogP contribution is -2.44. The van der Waals surface area contributed by atoms with Gasteiger partial charge < -0.3 is 15.4 Å². The van der Waals surface area contributed by atoms with Crippen molar-refractivity contribution in [1.82, 2.24) is 10.6 Å². The van der Waals surface area contributed by atoms with E-state index < -0.39 is 0 Å². The van der Waals surface area contributed by atoms with Crippen LogP contribution in [0.2, 0.25) is 0 Å². The summed E-state index contributed by atoms with van der Waals surface area (Å²) in [5, 5.41) is 6.58. The van der Waals surface area contributed by atoms with Gasteiger partial charge in [0.15, 0.2) is 0 Å². The molecule has 2 aliphatic rings. The van der Waals surface area contributed by atoms with Crippen LogP contribution in [-0.4, -0.2) is 37.7 Å². The third kappa shape index (κ3) is 4.25. The molecule has 0 aromatic heterocycles. The minimum atomic E-state index is 0.202. The molecule has 0 bridgehead atoms. The highest BCUT2D eigenvalue weighted by atomic mass is 16.5. The summed E-state index contributed by atoms with van der Waals surface area (Å²) in [6.45, 7) is 4.87. The second-order valence-electron chi connectivity index (χ2n) is 5.66. The Morgan fingerprint density at radius 1 is 1.33 bits per heavy atom. The minimum Gasteiger partial charge on any atom is -0.381 e. The summed E-state index contributed by atoms with van der Waals surface area (Å²) >= 11 is 0. The van der Waals surface area contributed by atoms with Crippen molar-refractivity contribution < 1.29 is 9.53 Å². The molecule has 104 valence electrons. The van der Waals surface area contributed by atoms with Gasteiger partial charge in [0.25, 0.3) is 0 Å². The van der Waals surface area contributed by atoms with Gasteiger partial charge in [0.2, 0.25) is 5.91 Å². The third-order valence-corrected chi connectivity index (χ3v) is 4.21. The van der Waals surface area contributed by atoms with Gasteiger partial charge in [-0.25, -0.2) is 0 Å². The molecule has 0 aromatic carbocycles. The van der Waals surface area contributed by atoms with Gasteiger partial charge in [0.05, 0.1) is 0 Å². The number of hydrogen-bond donors (Lipinski definition) is 2. The molecule has 2 fully saturated rings. The van der Waals surface area contributed by atoms with E-state index in [1.165, 1.54) is 12.8 Å². The first-order chi connectivity index (χ1) is 8.75. The van der Waals surface area contributed by atoms with Crippen LogP contribution in [-0.2, 0) is 9.53 Å². The average molecular weight is 254 g/mol. The predicted molar refractivity (Wildman–Crippen MR) is 71.4 cm³/mol. The molecular formula is C14H26N2O2. The summed E-state index contributed by atoms with van der Waals surface area (Å²) in [4.78, 5) is 12.0. The van der Waals surface area contributed by atoms with Crippen molar-refractivity contribution in [2.24, 2.45) is 5.92 Å². The molecule has 2 unspecified atom stereocenters. The number of amides is 1. The predicted octanol–water partition coefficient (Wildman–Crippen LogP) is 1.45. The zero-order valence-corrected chi connectivity index (χ0v) is 11.4. The molecule has 2 aliphatic heterocycles. The quantitative estimate of drug-likeness (QED) is 0.798. The first kappa shape index (κ1) is 13.8. The fourth-order valence-electron chi connectivity index (χ4n) is 2.97. The number of rotatable bonds is 4. The van der Waals surface area contributed by atoms with Gasteiger partial charge in [-0.2, -0.15) is 0 Å². The van der Waals surface area contributed by atoms with Crippen molar-refractivity contribution in [2.45, 2.75) is 57.5 Å². The molecule has 4 nitrogen and oxygen atoms in total. The third-order valence-electron chi connectivity index (χ3n) is 4.21. The first-order valence-electron chi connectivity index (χ1n) is 7.36. The average Bonchev–Trinajstić information content (AvgIpc) is 2.40. The van der Waals surface area contributed by atoms with Crippen molar-refractivity contribution >= 4 is 5.91 Å². The number of carbonyl (C=O) groups excluding carboxylic acids is 1. The number of nitrogens with one attached hydrogen (secondary N) is 2. The highest BCUT2D eigenvalue weighted by Crippen LogP contribution is 2.19. The summed E-state index contributed by atoms with van der Waals surface area (Å²) in [5.41, 5.74) is 0. The van der Waals surface area contributed by atoms with Gasteiger partial charge in [-0.1, -0.05) is 6.42 Å². The molecular weight excluding hydrogens is 228 g/mol. The highest BCUT2D eigenvalue weighted by Gasteiger charge is 2.23. The number of hydrogen-bond acceptors (Lipinski definition) is 3. The second kappa shape index (κ2) is 7.10. The Hall–Kier alpha value is -0.610. The van der Waals surface area contributed by atoms with E-state index in [0.717, 1.165) is 39.0 Å². The molecule has 2 rings (SSSR count). The zero-order chi connectivity index (χ0) is 12.8. The first-order valence-corrected chi connectivity index (χ1v) is 7.36. The van der Waals surface area contributed by atoms with E-state index in [1.54, 1.807) is 0 Å². The Morgan fingerprint density at radius 3 is 2.78 bits per heavy atom. The van der Waals surface area contributed by atoms with Gasteiger partial charge in [-0.05, 0) is 45.1 Å². The number of piperidine rings is 1. The Kier molecular flexibility index (Phi) is 5.45. The normalized spacial score (nSPS) is 27.7. The van der Waals surface area contributed by atoms with Gasteiger partial charge in [0, 0.05) is 31.7 Å². The van der Waals surface area contributed by atoms with Crippen LogP contribution < -0.4 is 10.6 Å². The topological polar surface area (TPSA) is 50.4 Å². The lowest BCUT2D eigenvalue weighted by molar-refractivity contribution is -0.122. The molecule has 1 amide bonds. The van der Waals surface area contributed by atoms with Crippen LogP contribution in [0.5, 0.6) is 0 Å². The Labute approximate surface area is 110 Å². The molecule has 0 spiro atoms. The smallest absolute Gasteiger partial charge is 0.221 e. The lowest BCUT2D eigenvalue weighted by atomic mass is 9.92. The fraction of sp³-hybridized carbons (Fsp3) is 0.929. The summed E-state index contributed by atoms with van der Waals surface area (Å²) in [6.07, 6.45) is 6.41. The Balaban J connectivity index is 1.68. The summed E-state index contributed by atoms with van der Waals surface area (Å²) in [7, 11) is 0. The number of ether oxygens (including phenoxy) is 1. The van der Waals surface area contributed by atoms with E-state index in [-0.39, 0.29) is 11.9 Å². The van der Waals surface area contributed by atoms with Gasteiger partial charge in [-0.3, -0.25) is 4.79 Å². The van der Waals surface area contributed by atoms with E-state index in [4.69, 9.17) is 4.74 Å². The van der Waals surface area contributed by atoms with Crippen LogP contribution in [0.25, 0.3) is 0 Å². The van der Waals surface area contributed by atoms with E-state index in [0.29, 0.717) is 18.4 Å². The van der Waals surface area contributed by atoms with Crippen LogP contribution in [0.1, 0.15) is 45.4 Å². The number of carbonyl (C=O) groups is 1. The molecule has 0 radical (unpaired) electrons. The molecule has 0 saturated carbocycles. The van der Waals surface area contributed by atoms with Crippen molar-refractivity contribution in [1.29, 1.82) is 0 Å². The molecule has 2 atom stereocenters. The van der Waals surface area contributed by atoms with Crippen LogP contribution >= 0.6 is 0 Å². The summed E-state index contributed by atoms with van der Waals surface area (Å²) < 4.78 is 5.35.